The molecule has 4 rings (SSSR count). The first kappa shape index (κ1) is 17.8. The van der Waals surface area contributed by atoms with E-state index in [2.05, 4.69) is 20.3 Å². The van der Waals surface area contributed by atoms with Gasteiger partial charge in [0.2, 0.25) is 5.95 Å². The summed E-state index contributed by atoms with van der Waals surface area (Å²) in [6.45, 7) is 2.18. The molecule has 140 valence electrons. The van der Waals surface area contributed by atoms with Gasteiger partial charge in [0.05, 0.1) is 17.6 Å². The normalized spacial score (nSPS) is 10.9. The van der Waals surface area contributed by atoms with Gasteiger partial charge >= 0.3 is 0 Å². The van der Waals surface area contributed by atoms with E-state index in [0.29, 0.717) is 11.2 Å². The molecule has 7 heteroatoms. The molecule has 0 atom stereocenters. The molecule has 0 radical (unpaired) electrons. The number of nitrogens with one attached hydrogen (secondary N) is 1. The number of pyridine rings is 1. The zero-order chi connectivity index (χ0) is 19.5. The van der Waals surface area contributed by atoms with Crippen LogP contribution in [-0.2, 0) is 6.54 Å². The number of fused-ring (bicyclic) bond motifs is 1. The molecular formula is C21H19N5O2. The molecule has 7 nitrogen and oxygen atoms in total. The molecule has 0 saturated carbocycles. The molecule has 0 aliphatic carbocycles. The molecule has 3 heterocycles. The van der Waals surface area contributed by atoms with E-state index < -0.39 is 0 Å². The van der Waals surface area contributed by atoms with Gasteiger partial charge in [-0.3, -0.25) is 15.1 Å². The van der Waals surface area contributed by atoms with Crippen molar-refractivity contribution in [1.29, 1.82) is 0 Å². The smallest absolute Gasteiger partial charge is 0.275 e. The number of amides is 1. The van der Waals surface area contributed by atoms with Gasteiger partial charge in [0, 0.05) is 30.7 Å². The third-order valence-electron chi connectivity index (χ3n) is 4.49. The SMILES string of the molecule is Cc1ccc(-c2c(C(=O)Nc3ncccn3)n(CCO)c3cccnc23)cc1. The van der Waals surface area contributed by atoms with E-state index in [1.807, 2.05) is 43.3 Å². The van der Waals surface area contributed by atoms with Gasteiger partial charge in [-0.05, 0) is 30.7 Å². The Morgan fingerprint density at radius 3 is 2.46 bits per heavy atom. The van der Waals surface area contributed by atoms with Crippen LogP contribution < -0.4 is 5.32 Å². The van der Waals surface area contributed by atoms with Crippen molar-refractivity contribution in [3.63, 3.8) is 0 Å². The van der Waals surface area contributed by atoms with Crippen molar-refractivity contribution in [2.45, 2.75) is 13.5 Å². The van der Waals surface area contributed by atoms with Crippen molar-refractivity contribution in [2.24, 2.45) is 0 Å². The molecular weight excluding hydrogens is 354 g/mol. The maximum absolute atomic E-state index is 13.2. The van der Waals surface area contributed by atoms with Crippen molar-refractivity contribution in [2.75, 3.05) is 11.9 Å². The van der Waals surface area contributed by atoms with Gasteiger partial charge in [0.15, 0.2) is 0 Å². The zero-order valence-electron chi connectivity index (χ0n) is 15.3. The number of aryl methyl sites for hydroxylation is 1. The minimum Gasteiger partial charge on any atom is -0.395 e. The van der Waals surface area contributed by atoms with Gasteiger partial charge in [-0.1, -0.05) is 29.8 Å². The molecule has 0 unspecified atom stereocenters. The average Bonchev–Trinajstić information content (AvgIpc) is 3.04. The van der Waals surface area contributed by atoms with Crippen molar-refractivity contribution in [3.05, 3.63) is 72.3 Å². The number of aliphatic hydroxyl groups excluding tert-OH is 1. The fourth-order valence-electron chi connectivity index (χ4n) is 3.26. The van der Waals surface area contributed by atoms with Crippen LogP contribution in [0.25, 0.3) is 22.2 Å². The number of hydrogen-bond acceptors (Lipinski definition) is 5. The average molecular weight is 373 g/mol. The number of hydrogen-bond donors (Lipinski definition) is 2. The minimum atomic E-state index is -0.353. The molecule has 0 bridgehead atoms. The van der Waals surface area contributed by atoms with Crippen LogP contribution in [0.3, 0.4) is 0 Å². The van der Waals surface area contributed by atoms with E-state index in [-0.39, 0.29) is 25.0 Å². The Hall–Kier alpha value is -3.58. The van der Waals surface area contributed by atoms with Gasteiger partial charge in [-0.25, -0.2) is 9.97 Å². The summed E-state index contributed by atoms with van der Waals surface area (Å²) in [4.78, 5) is 25.9. The molecule has 0 aliphatic rings. The lowest BCUT2D eigenvalue weighted by Gasteiger charge is -2.11. The van der Waals surface area contributed by atoms with Crippen LogP contribution >= 0.6 is 0 Å². The lowest BCUT2D eigenvalue weighted by atomic mass is 10.0. The predicted octanol–water partition coefficient (Wildman–Crippen LogP) is 3.05. The number of anilines is 1. The Morgan fingerprint density at radius 1 is 1.04 bits per heavy atom. The first-order chi connectivity index (χ1) is 13.7. The monoisotopic (exact) mass is 373 g/mol. The molecule has 0 fully saturated rings. The highest BCUT2D eigenvalue weighted by Crippen LogP contribution is 2.34. The van der Waals surface area contributed by atoms with E-state index in [1.54, 1.807) is 29.2 Å². The lowest BCUT2D eigenvalue weighted by molar-refractivity contribution is 0.101. The van der Waals surface area contributed by atoms with Crippen LogP contribution in [0.1, 0.15) is 16.1 Å². The number of nitrogens with zero attached hydrogens (tertiary/aromatic N) is 4. The quantitative estimate of drug-likeness (QED) is 0.561. The molecule has 4 aromatic rings. The number of aromatic nitrogens is 4. The molecule has 1 amide bonds. The molecule has 1 aromatic carbocycles. The molecule has 0 aliphatic heterocycles. The van der Waals surface area contributed by atoms with Crippen LogP contribution in [0.5, 0.6) is 0 Å². The second-order valence-electron chi connectivity index (χ2n) is 6.36. The molecule has 3 aromatic heterocycles. The third kappa shape index (κ3) is 3.23. The van der Waals surface area contributed by atoms with Crippen LogP contribution in [0.4, 0.5) is 5.95 Å². The number of benzene rings is 1. The second-order valence-corrected chi connectivity index (χ2v) is 6.36. The summed E-state index contributed by atoms with van der Waals surface area (Å²) in [6.07, 6.45) is 4.83. The number of carbonyl (C=O) groups excluding carboxylic acids is 1. The van der Waals surface area contributed by atoms with Gasteiger partial charge in [0.1, 0.15) is 5.69 Å². The first-order valence-electron chi connectivity index (χ1n) is 8.92. The summed E-state index contributed by atoms with van der Waals surface area (Å²) in [7, 11) is 0. The first-order valence-corrected chi connectivity index (χ1v) is 8.92. The summed E-state index contributed by atoms with van der Waals surface area (Å²) in [5, 5.41) is 12.3. The van der Waals surface area contributed by atoms with Crippen molar-refractivity contribution in [3.8, 4) is 11.1 Å². The number of aliphatic hydroxyl groups is 1. The van der Waals surface area contributed by atoms with Crippen molar-refractivity contribution in [1.82, 2.24) is 19.5 Å². The highest BCUT2D eigenvalue weighted by Gasteiger charge is 2.25. The highest BCUT2D eigenvalue weighted by atomic mass is 16.3. The molecule has 0 spiro atoms. The summed E-state index contributed by atoms with van der Waals surface area (Å²) in [6, 6.07) is 13.3. The highest BCUT2D eigenvalue weighted by molar-refractivity contribution is 6.13. The lowest BCUT2D eigenvalue weighted by Crippen LogP contribution is -2.20. The Kier molecular flexibility index (Phi) is 4.82. The van der Waals surface area contributed by atoms with E-state index in [4.69, 9.17) is 0 Å². The van der Waals surface area contributed by atoms with Gasteiger partial charge in [0.25, 0.3) is 5.91 Å². The maximum atomic E-state index is 13.2. The van der Waals surface area contributed by atoms with E-state index in [9.17, 15) is 9.90 Å². The van der Waals surface area contributed by atoms with Crippen molar-refractivity contribution >= 4 is 22.9 Å². The van der Waals surface area contributed by atoms with Crippen LogP contribution in [0.2, 0.25) is 0 Å². The standard InChI is InChI=1S/C21H19N5O2/c1-14-5-7-15(8-6-14)17-18-16(4-2-9-22-18)26(12-13-27)19(17)20(28)25-21-23-10-3-11-24-21/h2-11,27H,12-13H2,1H3,(H,23,24,25,28). The summed E-state index contributed by atoms with van der Waals surface area (Å²) >= 11 is 0. The zero-order valence-corrected chi connectivity index (χ0v) is 15.3. The Balaban J connectivity index is 1.94. The second kappa shape index (κ2) is 7.58. The summed E-state index contributed by atoms with van der Waals surface area (Å²) in [5.74, 6) is -0.135. The number of carbonyl (C=O) groups is 1. The van der Waals surface area contributed by atoms with Crippen LogP contribution in [0, 0.1) is 6.92 Å². The maximum Gasteiger partial charge on any atom is 0.275 e. The summed E-state index contributed by atoms with van der Waals surface area (Å²) < 4.78 is 1.79. The Morgan fingerprint density at radius 2 is 1.75 bits per heavy atom. The Bertz CT molecular complexity index is 1120. The molecule has 0 saturated heterocycles. The van der Waals surface area contributed by atoms with E-state index in [0.717, 1.165) is 22.2 Å². The van der Waals surface area contributed by atoms with E-state index >= 15 is 0 Å². The largest absolute Gasteiger partial charge is 0.395 e. The fourth-order valence-corrected chi connectivity index (χ4v) is 3.26. The predicted molar refractivity (Wildman–Crippen MR) is 107 cm³/mol. The van der Waals surface area contributed by atoms with Gasteiger partial charge in [-0.15, -0.1) is 0 Å². The van der Waals surface area contributed by atoms with E-state index in [1.165, 1.54) is 0 Å². The van der Waals surface area contributed by atoms with Gasteiger partial charge in [-0.2, -0.15) is 0 Å². The molecule has 2 N–H and O–H groups in total. The topological polar surface area (TPSA) is 92.9 Å². The van der Waals surface area contributed by atoms with Crippen LogP contribution in [0.15, 0.2) is 61.1 Å². The van der Waals surface area contributed by atoms with Crippen molar-refractivity contribution < 1.29 is 9.90 Å². The van der Waals surface area contributed by atoms with Gasteiger partial charge < -0.3 is 9.67 Å². The summed E-state index contributed by atoms with van der Waals surface area (Å²) in [5.41, 5.74) is 4.63. The van der Waals surface area contributed by atoms with Crippen LogP contribution in [-0.4, -0.2) is 37.1 Å². The Labute approximate surface area is 161 Å². The molecule has 28 heavy (non-hydrogen) atoms. The number of rotatable bonds is 5. The fraction of sp³-hybridized carbons (Fsp3) is 0.143. The third-order valence-corrected chi connectivity index (χ3v) is 4.49. The minimum absolute atomic E-state index is 0.103.